The highest BCUT2D eigenvalue weighted by atomic mass is 35.5. The highest BCUT2D eigenvalue weighted by Crippen LogP contribution is 2.18. The Labute approximate surface area is 116 Å². The summed E-state index contributed by atoms with van der Waals surface area (Å²) in [7, 11) is 0. The van der Waals surface area contributed by atoms with Gasteiger partial charge in [-0.2, -0.15) is 0 Å². The summed E-state index contributed by atoms with van der Waals surface area (Å²) in [5.41, 5.74) is 2.12. The zero-order chi connectivity index (χ0) is 11.7. The van der Waals surface area contributed by atoms with Gasteiger partial charge in [-0.05, 0) is 17.7 Å². The van der Waals surface area contributed by atoms with Crippen molar-refractivity contribution in [2.75, 3.05) is 0 Å². The van der Waals surface area contributed by atoms with Crippen LogP contribution in [0.25, 0.3) is 22.1 Å². The number of para-hydroxylation sites is 1. The first-order valence-electron chi connectivity index (χ1n) is 5.42. The molecule has 2 aromatic carbocycles. The van der Waals surface area contributed by atoms with Crippen molar-refractivity contribution >= 4 is 23.4 Å². The van der Waals surface area contributed by atoms with Gasteiger partial charge in [0.25, 0.3) is 0 Å². The van der Waals surface area contributed by atoms with E-state index < -0.39 is 0 Å². The van der Waals surface area contributed by atoms with Gasteiger partial charge in [0.2, 0.25) is 0 Å². The van der Waals surface area contributed by atoms with E-state index in [0.29, 0.717) is 16.5 Å². The quantitative estimate of drug-likeness (QED) is 0.686. The van der Waals surface area contributed by atoms with Crippen LogP contribution in [0.15, 0.2) is 70.1 Å². The van der Waals surface area contributed by atoms with Crippen LogP contribution in [-0.4, -0.2) is 5.48 Å². The van der Waals surface area contributed by atoms with E-state index >= 15 is 0 Å². The molecule has 3 aromatic rings. The normalized spacial score (nSPS) is 9.47. The number of halogens is 1. The van der Waals surface area contributed by atoms with Crippen molar-refractivity contribution in [3.63, 3.8) is 0 Å². The molecule has 0 saturated heterocycles. The number of hydrogen-bond donors (Lipinski definition) is 0. The predicted molar refractivity (Wildman–Crippen MR) is 78.8 cm³/mol. The molecule has 0 aliphatic rings. The minimum absolute atomic E-state index is 0. The van der Waals surface area contributed by atoms with E-state index in [9.17, 15) is 4.79 Å². The van der Waals surface area contributed by atoms with Crippen LogP contribution in [0.2, 0.25) is 0 Å². The third kappa shape index (κ3) is 2.67. The fourth-order valence-corrected chi connectivity index (χ4v) is 1.89. The topological polar surface area (TPSA) is 61.7 Å². The fraction of sp³-hybridized carbons (Fsp3) is 0. The first-order chi connectivity index (χ1) is 8.36. The molecule has 0 atom stereocenters. The molecule has 3 nitrogen and oxygen atoms in total. The van der Waals surface area contributed by atoms with E-state index in [4.69, 9.17) is 4.42 Å². The third-order valence-electron chi connectivity index (χ3n) is 2.76. The lowest BCUT2D eigenvalue weighted by atomic mass is 10.1. The molecule has 0 saturated carbocycles. The largest absolute Gasteiger partial charge is 0.463 e. The second-order valence-corrected chi connectivity index (χ2v) is 3.84. The summed E-state index contributed by atoms with van der Waals surface area (Å²) < 4.78 is 5.48. The van der Waals surface area contributed by atoms with E-state index in [-0.39, 0.29) is 23.3 Å². The second kappa shape index (κ2) is 6.18. The molecule has 1 aromatic heterocycles. The lowest BCUT2D eigenvalue weighted by Crippen LogP contribution is -2.04. The smallest absolute Gasteiger partial charge is 0.200 e. The Kier molecular flexibility index (Phi) is 4.87. The molecule has 0 spiro atoms. The van der Waals surface area contributed by atoms with Crippen molar-refractivity contribution in [1.82, 2.24) is 0 Å². The first-order valence-corrected chi connectivity index (χ1v) is 5.42. The zero-order valence-electron chi connectivity index (χ0n) is 10.00. The Morgan fingerprint density at radius 1 is 0.842 bits per heavy atom. The molecule has 0 aliphatic carbocycles. The minimum Gasteiger partial charge on any atom is -0.463 e. The van der Waals surface area contributed by atoms with Crippen molar-refractivity contribution in [3.05, 3.63) is 71.1 Å². The molecule has 0 bridgehead atoms. The van der Waals surface area contributed by atoms with Gasteiger partial charge in [0.15, 0.2) is 5.43 Å². The average molecular weight is 277 g/mol. The summed E-state index contributed by atoms with van der Waals surface area (Å²) >= 11 is 0. The summed E-state index contributed by atoms with van der Waals surface area (Å²) in [4.78, 5) is 12.3. The lowest BCUT2D eigenvalue weighted by Gasteiger charge is -2.01. The van der Waals surface area contributed by atoms with Gasteiger partial charge < -0.3 is 9.89 Å². The molecule has 98 valence electrons. The minimum atomic E-state index is 0. The SMILES string of the molecule is Cl.O.O=c1c(-c2ccccc2)coc2ccccc12. The number of rotatable bonds is 1. The van der Waals surface area contributed by atoms with E-state index in [0.717, 1.165) is 5.56 Å². The number of benzene rings is 2. The summed E-state index contributed by atoms with van der Waals surface area (Å²) in [6, 6.07) is 16.8. The Morgan fingerprint density at radius 3 is 2.21 bits per heavy atom. The highest BCUT2D eigenvalue weighted by Gasteiger charge is 2.07. The maximum atomic E-state index is 12.3. The molecule has 19 heavy (non-hydrogen) atoms. The van der Waals surface area contributed by atoms with Crippen LogP contribution >= 0.6 is 12.4 Å². The standard InChI is InChI=1S/C15H10O2.ClH.H2O/c16-15-12-8-4-5-9-14(12)17-10-13(15)11-6-2-1-3-7-11;;/h1-10H;1H;1H2. The molecule has 1 heterocycles. The van der Waals surface area contributed by atoms with Crippen LogP contribution in [0.3, 0.4) is 0 Å². The van der Waals surface area contributed by atoms with Gasteiger partial charge in [0, 0.05) is 0 Å². The molecule has 0 radical (unpaired) electrons. The van der Waals surface area contributed by atoms with Crippen molar-refractivity contribution in [2.24, 2.45) is 0 Å². The zero-order valence-corrected chi connectivity index (χ0v) is 10.8. The Hall–Kier alpha value is -2.10. The first kappa shape index (κ1) is 15.0. The Bertz CT molecular complexity index is 720. The van der Waals surface area contributed by atoms with Gasteiger partial charge in [0.05, 0.1) is 10.9 Å². The summed E-state index contributed by atoms with van der Waals surface area (Å²) in [6.07, 6.45) is 1.53. The van der Waals surface area contributed by atoms with Crippen molar-refractivity contribution in [3.8, 4) is 11.1 Å². The molecular weight excluding hydrogens is 264 g/mol. The van der Waals surface area contributed by atoms with Crippen LogP contribution in [0.5, 0.6) is 0 Å². The van der Waals surface area contributed by atoms with E-state index in [2.05, 4.69) is 0 Å². The number of hydrogen-bond acceptors (Lipinski definition) is 2. The molecule has 0 fully saturated rings. The predicted octanol–water partition coefficient (Wildman–Crippen LogP) is 3.06. The fourth-order valence-electron chi connectivity index (χ4n) is 1.89. The lowest BCUT2D eigenvalue weighted by molar-refractivity contribution is 0.604. The van der Waals surface area contributed by atoms with Crippen molar-refractivity contribution in [1.29, 1.82) is 0 Å². The number of fused-ring (bicyclic) bond motifs is 1. The molecule has 0 unspecified atom stereocenters. The van der Waals surface area contributed by atoms with Crippen molar-refractivity contribution in [2.45, 2.75) is 0 Å². The average Bonchev–Trinajstić information content (AvgIpc) is 2.40. The van der Waals surface area contributed by atoms with Gasteiger partial charge in [-0.25, -0.2) is 0 Å². The summed E-state index contributed by atoms with van der Waals surface area (Å²) in [5, 5.41) is 0.619. The molecule has 0 amide bonds. The molecule has 3 rings (SSSR count). The van der Waals surface area contributed by atoms with Crippen LogP contribution in [0, 0.1) is 0 Å². The van der Waals surface area contributed by atoms with Crippen molar-refractivity contribution < 1.29 is 9.89 Å². The second-order valence-electron chi connectivity index (χ2n) is 3.84. The molecule has 4 heteroatoms. The van der Waals surface area contributed by atoms with Gasteiger partial charge in [-0.15, -0.1) is 12.4 Å². The molecule has 2 N–H and O–H groups in total. The maximum Gasteiger partial charge on any atom is 0.200 e. The van der Waals surface area contributed by atoms with Gasteiger partial charge in [-0.1, -0.05) is 42.5 Å². The maximum absolute atomic E-state index is 12.3. The van der Waals surface area contributed by atoms with Crippen LogP contribution in [0.1, 0.15) is 0 Å². The van der Waals surface area contributed by atoms with E-state index in [1.54, 1.807) is 12.1 Å². The van der Waals surface area contributed by atoms with E-state index in [1.165, 1.54) is 6.26 Å². The van der Waals surface area contributed by atoms with Gasteiger partial charge in [0.1, 0.15) is 11.8 Å². The van der Waals surface area contributed by atoms with Crippen LogP contribution in [0.4, 0.5) is 0 Å². The van der Waals surface area contributed by atoms with E-state index in [1.807, 2.05) is 42.5 Å². The Morgan fingerprint density at radius 2 is 1.47 bits per heavy atom. The van der Waals surface area contributed by atoms with Gasteiger partial charge >= 0.3 is 0 Å². The van der Waals surface area contributed by atoms with Crippen LogP contribution in [-0.2, 0) is 0 Å². The molecular formula is C15H13ClO3. The highest BCUT2D eigenvalue weighted by molar-refractivity contribution is 5.85. The van der Waals surface area contributed by atoms with Crippen LogP contribution < -0.4 is 5.43 Å². The summed E-state index contributed by atoms with van der Waals surface area (Å²) in [6.45, 7) is 0. The van der Waals surface area contributed by atoms with Gasteiger partial charge in [-0.3, -0.25) is 4.79 Å². The molecule has 0 aliphatic heterocycles. The third-order valence-corrected chi connectivity index (χ3v) is 2.76. The monoisotopic (exact) mass is 276 g/mol. The Balaban J connectivity index is 0.000000902. The summed E-state index contributed by atoms with van der Waals surface area (Å²) in [5.74, 6) is 0.